The molecule has 0 aliphatic heterocycles. The first kappa shape index (κ1) is 68.8. The monoisotopic (exact) mass is 1040 g/mol. The van der Waals surface area contributed by atoms with Crippen molar-refractivity contribution in [1.82, 2.24) is 16.0 Å². The molecule has 8 N–H and O–H groups in total. The van der Waals surface area contributed by atoms with E-state index in [9.17, 15) is 53.7 Å². The van der Waals surface area contributed by atoms with Crippen LogP contribution in [0.15, 0.2) is 0 Å². The molecule has 424 valence electrons. The quantitative estimate of drug-likeness (QED) is 0.0150. The largest absolute Gasteiger partial charge is 0.462 e. The number of nitrogens with one attached hydrogen (secondary N) is 3. The van der Waals surface area contributed by atoms with Gasteiger partial charge in [0.15, 0.2) is 6.10 Å². The van der Waals surface area contributed by atoms with Gasteiger partial charge >= 0.3 is 17.9 Å². The first-order valence-corrected chi connectivity index (χ1v) is 27.8. The van der Waals surface area contributed by atoms with Crippen molar-refractivity contribution in [3.8, 4) is 0 Å². The number of hydrogen-bond acceptors (Lipinski definition) is 15. The molecule has 0 spiro atoms. The standard InChI is InChI=1S/C54H98N4O15/c1-6-8-10-12-14-16-18-20-22-24-26-28-30-32-47(63)70-38-43(73-49(65)33-31-29-27-25-23-21-19-17-15-13-11-9-7-2)39-71-48(64)35-34-44(52(55)67)58-53(68)40(3)56-54(69)41(4)72-51(50(66)46(62)37-60)45(36-59)57-42(5)61/h36,40-41,43-46,50-51,60,62,66H,6-35,37-39H2,1-5H3,(H2,55,67)(H,56,69)(H,57,61)(H,58,68). The zero-order valence-corrected chi connectivity index (χ0v) is 45.3. The van der Waals surface area contributed by atoms with Crippen LogP contribution in [0.3, 0.4) is 0 Å². The number of carbonyl (C=O) groups is 8. The number of aliphatic hydroxyl groups excluding tert-OH is 3. The fourth-order valence-corrected chi connectivity index (χ4v) is 8.12. The molecule has 0 aliphatic rings. The lowest BCUT2D eigenvalue weighted by molar-refractivity contribution is -0.167. The van der Waals surface area contributed by atoms with E-state index in [1.165, 1.54) is 129 Å². The zero-order chi connectivity index (χ0) is 54.7. The van der Waals surface area contributed by atoms with Gasteiger partial charge in [-0.1, -0.05) is 168 Å². The maximum absolute atomic E-state index is 13.1. The van der Waals surface area contributed by atoms with E-state index >= 15 is 0 Å². The number of aliphatic hydroxyl groups is 3. The van der Waals surface area contributed by atoms with Crippen molar-refractivity contribution in [2.45, 2.75) is 276 Å². The van der Waals surface area contributed by atoms with Gasteiger partial charge in [-0.25, -0.2) is 0 Å². The minimum absolute atomic E-state index is 0.150. The third kappa shape index (κ3) is 37.2. The summed E-state index contributed by atoms with van der Waals surface area (Å²) in [7, 11) is 0. The van der Waals surface area contributed by atoms with Crippen LogP contribution < -0.4 is 21.7 Å². The van der Waals surface area contributed by atoms with Crippen molar-refractivity contribution in [2.75, 3.05) is 19.8 Å². The van der Waals surface area contributed by atoms with Crippen LogP contribution in [0.1, 0.15) is 227 Å². The summed E-state index contributed by atoms with van der Waals surface area (Å²) >= 11 is 0. The second kappa shape index (κ2) is 45.2. The smallest absolute Gasteiger partial charge is 0.306 e. The summed E-state index contributed by atoms with van der Waals surface area (Å²) in [6, 6.07) is -4.24. The summed E-state index contributed by atoms with van der Waals surface area (Å²) < 4.78 is 22.0. The van der Waals surface area contributed by atoms with Gasteiger partial charge in [-0.3, -0.25) is 33.6 Å². The Hall–Kier alpha value is -4.20. The number of amides is 4. The first-order chi connectivity index (χ1) is 35.0. The first-order valence-electron chi connectivity index (χ1n) is 27.8. The zero-order valence-electron chi connectivity index (χ0n) is 45.3. The highest BCUT2D eigenvalue weighted by molar-refractivity contribution is 5.92. The summed E-state index contributed by atoms with van der Waals surface area (Å²) in [5, 5.41) is 36.7. The highest BCUT2D eigenvalue weighted by atomic mass is 16.6. The Morgan fingerprint density at radius 3 is 1.37 bits per heavy atom. The second-order valence-electron chi connectivity index (χ2n) is 19.5. The highest BCUT2D eigenvalue weighted by Crippen LogP contribution is 2.17. The third-order valence-electron chi connectivity index (χ3n) is 12.7. The number of nitrogens with two attached hydrogens (primary N) is 1. The van der Waals surface area contributed by atoms with E-state index in [1.54, 1.807) is 0 Å². The molecule has 19 heteroatoms. The summed E-state index contributed by atoms with van der Waals surface area (Å²) in [5.41, 5.74) is 5.53. The molecule has 0 radical (unpaired) electrons. The third-order valence-corrected chi connectivity index (χ3v) is 12.7. The Bertz CT molecular complexity index is 1520. The number of rotatable bonds is 49. The number of aldehydes is 1. The van der Waals surface area contributed by atoms with Gasteiger partial charge in [-0.2, -0.15) is 0 Å². The van der Waals surface area contributed by atoms with E-state index in [1.807, 2.05) is 0 Å². The summed E-state index contributed by atoms with van der Waals surface area (Å²) in [6.07, 6.45) is 22.1. The molecule has 0 bridgehead atoms. The summed E-state index contributed by atoms with van der Waals surface area (Å²) in [4.78, 5) is 100. The predicted octanol–water partition coefficient (Wildman–Crippen LogP) is 6.39. The molecule has 0 aromatic rings. The van der Waals surface area contributed by atoms with Crippen LogP contribution in [0.5, 0.6) is 0 Å². The van der Waals surface area contributed by atoms with Gasteiger partial charge in [0.05, 0.1) is 6.61 Å². The van der Waals surface area contributed by atoms with Crippen LogP contribution in [0.25, 0.3) is 0 Å². The molecule has 0 aromatic heterocycles. The van der Waals surface area contributed by atoms with Gasteiger partial charge in [-0.05, 0) is 33.1 Å². The Kier molecular flexibility index (Phi) is 42.6. The average molecular weight is 1040 g/mol. The molecule has 0 heterocycles. The molecular weight excluding hydrogens is 945 g/mol. The molecule has 0 fully saturated rings. The molecule has 8 atom stereocenters. The van der Waals surface area contributed by atoms with Crippen LogP contribution in [0, 0.1) is 0 Å². The Balaban J connectivity index is 5.22. The molecule has 73 heavy (non-hydrogen) atoms. The van der Waals surface area contributed by atoms with Gasteiger partial charge in [-0.15, -0.1) is 0 Å². The number of primary amides is 1. The second-order valence-corrected chi connectivity index (χ2v) is 19.5. The molecule has 0 rings (SSSR count). The van der Waals surface area contributed by atoms with E-state index in [0.29, 0.717) is 12.8 Å². The Labute approximate surface area is 436 Å². The van der Waals surface area contributed by atoms with Gasteiger partial charge in [0.1, 0.15) is 62.0 Å². The van der Waals surface area contributed by atoms with Crippen molar-refractivity contribution in [3.05, 3.63) is 0 Å². The number of carbonyl (C=O) groups excluding carboxylic acids is 8. The lowest BCUT2D eigenvalue weighted by Gasteiger charge is -2.32. The number of unbranched alkanes of at least 4 members (excludes halogenated alkanes) is 24. The molecule has 8 unspecified atom stereocenters. The SMILES string of the molecule is CCCCCCCCCCCCCCCC(=O)OCC(COC(=O)CCC(NC(=O)C(C)NC(=O)C(C)OC(C(C=O)NC(C)=O)C(O)C(O)CO)C(N)=O)OC(=O)CCCCCCCCCCCCCCC. The van der Waals surface area contributed by atoms with Crippen LogP contribution in [-0.2, 0) is 57.3 Å². The van der Waals surface area contributed by atoms with Crippen LogP contribution in [0.4, 0.5) is 0 Å². The van der Waals surface area contributed by atoms with Crippen LogP contribution in [0.2, 0.25) is 0 Å². The average Bonchev–Trinajstić information content (AvgIpc) is 3.36. The molecule has 19 nitrogen and oxygen atoms in total. The predicted molar refractivity (Wildman–Crippen MR) is 277 cm³/mol. The van der Waals surface area contributed by atoms with Gasteiger partial charge < -0.3 is 60.7 Å². The van der Waals surface area contributed by atoms with E-state index in [-0.39, 0.29) is 32.2 Å². The van der Waals surface area contributed by atoms with Crippen molar-refractivity contribution in [2.24, 2.45) is 5.73 Å². The normalized spacial score (nSPS) is 14.6. The Morgan fingerprint density at radius 1 is 0.562 bits per heavy atom. The maximum Gasteiger partial charge on any atom is 0.306 e. The fraction of sp³-hybridized carbons (Fsp3) is 0.852. The van der Waals surface area contributed by atoms with Gasteiger partial charge in [0.25, 0.3) is 0 Å². The van der Waals surface area contributed by atoms with E-state index in [4.69, 9.17) is 24.7 Å². The molecule has 0 saturated carbocycles. The van der Waals surface area contributed by atoms with Crippen molar-refractivity contribution >= 4 is 47.8 Å². The molecule has 0 aromatic carbocycles. The highest BCUT2D eigenvalue weighted by Gasteiger charge is 2.37. The number of ether oxygens (including phenoxy) is 4. The van der Waals surface area contributed by atoms with Gasteiger partial charge in [0, 0.05) is 26.2 Å². The molecule has 4 amide bonds. The number of hydrogen-bond donors (Lipinski definition) is 7. The Morgan fingerprint density at radius 2 is 0.973 bits per heavy atom. The molecule has 0 aliphatic carbocycles. The topological polar surface area (TPSA) is 296 Å². The van der Waals surface area contributed by atoms with Crippen molar-refractivity contribution < 1.29 is 72.6 Å². The van der Waals surface area contributed by atoms with E-state index in [0.717, 1.165) is 45.4 Å². The van der Waals surface area contributed by atoms with Crippen LogP contribution >= 0.6 is 0 Å². The summed E-state index contributed by atoms with van der Waals surface area (Å²) in [5.74, 6) is -5.29. The lowest BCUT2D eigenvalue weighted by Crippen LogP contribution is -2.57. The summed E-state index contributed by atoms with van der Waals surface area (Å²) in [6.45, 7) is 6.32. The van der Waals surface area contributed by atoms with E-state index < -0.39 is 110 Å². The maximum atomic E-state index is 13.1. The minimum Gasteiger partial charge on any atom is -0.462 e. The fourth-order valence-electron chi connectivity index (χ4n) is 8.12. The number of esters is 3. The molecule has 0 saturated heterocycles. The minimum atomic E-state index is -1.92. The molecular formula is C54H98N4O15. The van der Waals surface area contributed by atoms with Crippen molar-refractivity contribution in [3.63, 3.8) is 0 Å². The van der Waals surface area contributed by atoms with Crippen LogP contribution in [-0.4, -0.2) is 132 Å². The van der Waals surface area contributed by atoms with Gasteiger partial charge in [0.2, 0.25) is 23.6 Å². The van der Waals surface area contributed by atoms with Crippen molar-refractivity contribution in [1.29, 1.82) is 0 Å². The lowest BCUT2D eigenvalue weighted by atomic mass is 10.0. The van der Waals surface area contributed by atoms with E-state index in [2.05, 4.69) is 29.8 Å².